The summed E-state index contributed by atoms with van der Waals surface area (Å²) >= 11 is 0. The highest BCUT2D eigenvalue weighted by Gasteiger charge is 2.57. The smallest absolute Gasteiger partial charge is 0.255 e. The van der Waals surface area contributed by atoms with Gasteiger partial charge in [-0.15, -0.1) is 0 Å². The van der Waals surface area contributed by atoms with Crippen molar-refractivity contribution in [1.29, 1.82) is 0 Å². The maximum Gasteiger partial charge on any atom is 0.255 e. The number of pyridine rings is 2. The maximum atomic E-state index is 12.8. The third-order valence-corrected chi connectivity index (χ3v) is 6.28. The number of fused-ring (bicyclic) bond motifs is 2. The molecule has 28 heavy (non-hydrogen) atoms. The minimum Gasteiger partial charge on any atom is -0.392 e. The van der Waals surface area contributed by atoms with Crippen LogP contribution in [0.1, 0.15) is 22.3 Å². The van der Waals surface area contributed by atoms with Crippen molar-refractivity contribution in [3.63, 3.8) is 0 Å². The van der Waals surface area contributed by atoms with E-state index in [1.54, 1.807) is 24.7 Å². The van der Waals surface area contributed by atoms with Gasteiger partial charge in [-0.25, -0.2) is 0 Å². The average molecular weight is 379 g/mol. The zero-order valence-corrected chi connectivity index (χ0v) is 15.8. The maximum absolute atomic E-state index is 12.8. The molecule has 1 amide bonds. The number of rotatable bonds is 3. The molecule has 7 heteroatoms. The molecule has 7 nitrogen and oxygen atoms in total. The number of nitrogens with zero attached hydrogens (tertiary/aromatic N) is 5. The molecule has 3 saturated heterocycles. The number of hydrogen-bond acceptors (Lipinski definition) is 6. The number of amides is 1. The van der Waals surface area contributed by atoms with Crippen LogP contribution in [0, 0.1) is 0 Å². The van der Waals surface area contributed by atoms with E-state index >= 15 is 0 Å². The first-order chi connectivity index (χ1) is 13.6. The van der Waals surface area contributed by atoms with E-state index in [2.05, 4.69) is 25.8 Å². The summed E-state index contributed by atoms with van der Waals surface area (Å²) in [7, 11) is 0. The zero-order chi connectivity index (χ0) is 19.1. The lowest BCUT2D eigenvalue weighted by Gasteiger charge is -2.61. The lowest BCUT2D eigenvalue weighted by atomic mass is 9.83. The van der Waals surface area contributed by atoms with Gasteiger partial charge in [0, 0.05) is 70.1 Å². The first kappa shape index (κ1) is 17.7. The summed E-state index contributed by atoms with van der Waals surface area (Å²) in [4.78, 5) is 27.9. The van der Waals surface area contributed by atoms with E-state index in [9.17, 15) is 9.90 Å². The number of carbonyl (C=O) groups excluding carboxylic acids is 1. The summed E-state index contributed by atoms with van der Waals surface area (Å²) in [6.07, 6.45) is 7.56. The SMILES string of the molecule is O=C(c1cccnc1)N1CC2(CN(Cc3cccnc3)C[C@@H]3C[C@@H](O)CN32)C1. The van der Waals surface area contributed by atoms with E-state index in [1.165, 1.54) is 5.56 Å². The number of aromatic nitrogens is 2. The van der Waals surface area contributed by atoms with Crippen molar-refractivity contribution in [1.82, 2.24) is 24.7 Å². The van der Waals surface area contributed by atoms with Gasteiger partial charge in [0.15, 0.2) is 0 Å². The van der Waals surface area contributed by atoms with E-state index in [4.69, 9.17) is 0 Å². The number of aliphatic hydroxyl groups is 1. The molecule has 0 aromatic carbocycles. The van der Waals surface area contributed by atoms with Gasteiger partial charge in [-0.1, -0.05) is 6.07 Å². The summed E-state index contributed by atoms with van der Waals surface area (Å²) in [5.74, 6) is 0.0411. The molecule has 0 aliphatic carbocycles. The molecule has 3 aliphatic heterocycles. The van der Waals surface area contributed by atoms with Crippen molar-refractivity contribution in [2.45, 2.75) is 30.7 Å². The minimum absolute atomic E-state index is 0.0411. The summed E-state index contributed by atoms with van der Waals surface area (Å²) in [6.45, 7) is 4.82. The molecule has 1 N–H and O–H groups in total. The normalized spacial score (nSPS) is 26.8. The molecular weight excluding hydrogens is 354 g/mol. The number of hydrogen-bond donors (Lipinski definition) is 1. The second-order valence-electron chi connectivity index (χ2n) is 8.35. The second kappa shape index (κ2) is 6.92. The van der Waals surface area contributed by atoms with Crippen molar-refractivity contribution in [3.05, 3.63) is 60.2 Å². The third-order valence-electron chi connectivity index (χ3n) is 6.28. The monoisotopic (exact) mass is 379 g/mol. The van der Waals surface area contributed by atoms with Crippen molar-refractivity contribution in [2.75, 3.05) is 32.7 Å². The molecule has 3 fully saturated rings. The molecule has 0 unspecified atom stereocenters. The number of likely N-dealkylation sites (tertiary alicyclic amines) is 1. The van der Waals surface area contributed by atoms with Gasteiger partial charge in [-0.2, -0.15) is 0 Å². The van der Waals surface area contributed by atoms with Gasteiger partial charge in [-0.05, 0) is 30.2 Å². The number of aliphatic hydroxyl groups excluding tert-OH is 1. The molecule has 146 valence electrons. The van der Waals surface area contributed by atoms with Crippen LogP contribution in [0.4, 0.5) is 0 Å². The summed E-state index contributed by atoms with van der Waals surface area (Å²) in [5.41, 5.74) is 1.77. The Hall–Kier alpha value is -2.35. The largest absolute Gasteiger partial charge is 0.392 e. The van der Waals surface area contributed by atoms with E-state index in [0.29, 0.717) is 31.2 Å². The molecule has 3 aliphatic rings. The van der Waals surface area contributed by atoms with Gasteiger partial charge in [0.1, 0.15) is 0 Å². The predicted molar refractivity (Wildman–Crippen MR) is 104 cm³/mol. The molecule has 1 spiro atoms. The van der Waals surface area contributed by atoms with Crippen LogP contribution in [0.25, 0.3) is 0 Å². The third kappa shape index (κ3) is 3.09. The molecule has 0 saturated carbocycles. The molecule has 2 aromatic rings. The lowest BCUT2D eigenvalue weighted by Crippen LogP contribution is -2.78. The minimum atomic E-state index is -0.275. The van der Waals surface area contributed by atoms with Crippen molar-refractivity contribution in [3.8, 4) is 0 Å². The van der Waals surface area contributed by atoms with Crippen LogP contribution in [0.5, 0.6) is 0 Å². The van der Waals surface area contributed by atoms with Gasteiger partial charge in [0.2, 0.25) is 0 Å². The fraction of sp³-hybridized carbons (Fsp3) is 0.476. The Bertz CT molecular complexity index is 840. The predicted octanol–water partition coefficient (Wildman–Crippen LogP) is 0.622. The average Bonchev–Trinajstić information content (AvgIpc) is 3.07. The van der Waals surface area contributed by atoms with E-state index in [0.717, 1.165) is 26.1 Å². The second-order valence-corrected chi connectivity index (χ2v) is 8.35. The molecule has 2 aromatic heterocycles. The van der Waals surface area contributed by atoms with Crippen molar-refractivity contribution in [2.24, 2.45) is 0 Å². The first-order valence-corrected chi connectivity index (χ1v) is 9.88. The van der Waals surface area contributed by atoms with Crippen LogP contribution in [0.15, 0.2) is 49.1 Å². The topological polar surface area (TPSA) is 72.8 Å². The van der Waals surface area contributed by atoms with Crippen molar-refractivity contribution >= 4 is 5.91 Å². The summed E-state index contributed by atoms with van der Waals surface area (Å²) in [5, 5.41) is 10.3. The Kier molecular flexibility index (Phi) is 4.38. The summed E-state index contributed by atoms with van der Waals surface area (Å²) in [6, 6.07) is 8.04. The standard InChI is InChI=1S/C21H25N5O2/c27-19-7-18-11-24(10-16-3-1-5-22-8-16)13-21(26(18)12-19)14-25(15-21)20(28)17-4-2-6-23-9-17/h1-6,8-9,18-19,27H,7,10-15H2/t18-,19+/m0/s1. The number of piperazine rings is 1. The van der Waals surface area contributed by atoms with Crippen LogP contribution < -0.4 is 0 Å². The number of β-amino-alcohol motifs (C(OH)–C–C–N with tert-alkyl or cyclic N) is 1. The lowest BCUT2D eigenvalue weighted by molar-refractivity contribution is -0.102. The summed E-state index contributed by atoms with van der Waals surface area (Å²) < 4.78 is 0. The number of carbonyl (C=O) groups is 1. The highest BCUT2D eigenvalue weighted by Crippen LogP contribution is 2.39. The highest BCUT2D eigenvalue weighted by atomic mass is 16.3. The Morgan fingerprint density at radius 1 is 1.11 bits per heavy atom. The Morgan fingerprint density at radius 3 is 2.61 bits per heavy atom. The molecule has 0 radical (unpaired) electrons. The molecule has 5 heterocycles. The Labute approximate surface area is 164 Å². The van der Waals surface area contributed by atoms with Crippen LogP contribution in [0.2, 0.25) is 0 Å². The first-order valence-electron chi connectivity index (χ1n) is 9.88. The van der Waals surface area contributed by atoms with Crippen LogP contribution in [-0.4, -0.2) is 86.1 Å². The van der Waals surface area contributed by atoms with Crippen molar-refractivity contribution < 1.29 is 9.90 Å². The molecular formula is C21H25N5O2. The Morgan fingerprint density at radius 2 is 1.89 bits per heavy atom. The van der Waals surface area contributed by atoms with Crippen LogP contribution in [-0.2, 0) is 6.54 Å². The van der Waals surface area contributed by atoms with E-state index in [-0.39, 0.29) is 17.6 Å². The molecule has 2 atom stereocenters. The Balaban J connectivity index is 1.33. The van der Waals surface area contributed by atoms with E-state index in [1.807, 2.05) is 23.2 Å². The van der Waals surface area contributed by atoms with Gasteiger partial charge >= 0.3 is 0 Å². The van der Waals surface area contributed by atoms with Crippen LogP contribution in [0.3, 0.4) is 0 Å². The zero-order valence-electron chi connectivity index (χ0n) is 15.8. The van der Waals surface area contributed by atoms with Gasteiger partial charge in [-0.3, -0.25) is 24.6 Å². The van der Waals surface area contributed by atoms with Crippen LogP contribution >= 0.6 is 0 Å². The quantitative estimate of drug-likeness (QED) is 0.843. The molecule has 5 rings (SSSR count). The fourth-order valence-corrected chi connectivity index (χ4v) is 5.15. The van der Waals surface area contributed by atoms with E-state index < -0.39 is 0 Å². The fourth-order valence-electron chi connectivity index (χ4n) is 5.15. The highest BCUT2D eigenvalue weighted by molar-refractivity contribution is 5.94. The van der Waals surface area contributed by atoms with Gasteiger partial charge in [0.25, 0.3) is 5.91 Å². The van der Waals surface area contributed by atoms with Gasteiger partial charge < -0.3 is 10.0 Å². The molecule has 0 bridgehead atoms. The van der Waals surface area contributed by atoms with Gasteiger partial charge in [0.05, 0.1) is 17.2 Å².